The molecule has 0 aliphatic rings. The fourth-order valence-electron chi connectivity index (χ4n) is 2.31. The van der Waals surface area contributed by atoms with Crippen molar-refractivity contribution in [2.45, 2.75) is 5.16 Å². The number of carbonyl (C=O) groups is 1. The lowest BCUT2D eigenvalue weighted by Gasteiger charge is -2.07. The molecule has 0 unspecified atom stereocenters. The highest BCUT2D eigenvalue weighted by Crippen LogP contribution is 2.26. The predicted molar refractivity (Wildman–Crippen MR) is 107 cm³/mol. The highest BCUT2D eigenvalue weighted by Gasteiger charge is 2.11. The average Bonchev–Trinajstić information content (AvgIpc) is 2.94. The van der Waals surface area contributed by atoms with Gasteiger partial charge in [0.05, 0.1) is 17.6 Å². The van der Waals surface area contributed by atoms with Gasteiger partial charge in [-0.1, -0.05) is 57.5 Å². The Bertz CT molecular complexity index is 896. The standard InChI is InChI=1S/C18H15BrClN3OS/c1-23-16(12-5-7-13(19)8-6-12)10-21-18(23)25-11-17(24)22-15-4-2-3-14(20)9-15/h2-10H,11H2,1H3,(H,22,24). The van der Waals surface area contributed by atoms with Crippen LogP contribution in [0.2, 0.25) is 5.02 Å². The SMILES string of the molecule is Cn1c(-c2ccc(Br)cc2)cnc1SCC(=O)Nc1cccc(Cl)c1. The number of rotatable bonds is 5. The van der Waals surface area contributed by atoms with Crippen LogP contribution in [0.3, 0.4) is 0 Å². The van der Waals surface area contributed by atoms with E-state index in [9.17, 15) is 4.79 Å². The summed E-state index contributed by atoms with van der Waals surface area (Å²) in [6.45, 7) is 0. The molecule has 0 spiro atoms. The van der Waals surface area contributed by atoms with Gasteiger partial charge in [-0.25, -0.2) is 4.98 Å². The van der Waals surface area contributed by atoms with Crippen LogP contribution in [0.4, 0.5) is 5.69 Å². The monoisotopic (exact) mass is 435 g/mol. The van der Waals surface area contributed by atoms with Gasteiger partial charge in [-0.3, -0.25) is 4.79 Å². The molecule has 1 amide bonds. The number of carbonyl (C=O) groups excluding carboxylic acids is 1. The summed E-state index contributed by atoms with van der Waals surface area (Å²) in [4.78, 5) is 16.5. The highest BCUT2D eigenvalue weighted by molar-refractivity contribution is 9.10. The second-order valence-corrected chi connectivity index (χ2v) is 7.63. The van der Waals surface area contributed by atoms with Crippen LogP contribution in [0.25, 0.3) is 11.3 Å². The first kappa shape index (κ1) is 18.0. The third-order valence-corrected chi connectivity index (χ3v) is 5.33. The predicted octanol–water partition coefficient (Wildman–Crippen LogP) is 5.23. The summed E-state index contributed by atoms with van der Waals surface area (Å²) < 4.78 is 3.02. The third kappa shape index (κ3) is 4.66. The first-order chi connectivity index (χ1) is 12.0. The fourth-order valence-corrected chi connectivity index (χ4v) is 3.52. The molecule has 0 fully saturated rings. The van der Waals surface area contributed by atoms with Gasteiger partial charge in [0.1, 0.15) is 0 Å². The number of halogens is 2. The summed E-state index contributed by atoms with van der Waals surface area (Å²) >= 11 is 10.7. The van der Waals surface area contributed by atoms with E-state index in [0.717, 1.165) is 20.9 Å². The summed E-state index contributed by atoms with van der Waals surface area (Å²) in [6.07, 6.45) is 1.82. The maximum absolute atomic E-state index is 12.1. The number of amides is 1. The number of imidazole rings is 1. The number of thioether (sulfide) groups is 1. The summed E-state index contributed by atoms with van der Waals surface area (Å²) in [7, 11) is 1.95. The topological polar surface area (TPSA) is 46.9 Å². The molecule has 1 heterocycles. The average molecular weight is 437 g/mol. The first-order valence-electron chi connectivity index (χ1n) is 7.49. The maximum Gasteiger partial charge on any atom is 0.234 e. The summed E-state index contributed by atoms with van der Waals surface area (Å²) in [5.41, 5.74) is 2.77. The molecule has 3 rings (SSSR count). The van der Waals surface area contributed by atoms with E-state index in [1.807, 2.05) is 42.1 Å². The van der Waals surface area contributed by atoms with Crippen LogP contribution in [0.1, 0.15) is 0 Å². The number of aromatic nitrogens is 2. The molecular weight excluding hydrogens is 422 g/mol. The third-order valence-electron chi connectivity index (χ3n) is 3.53. The number of hydrogen-bond donors (Lipinski definition) is 1. The minimum atomic E-state index is -0.0968. The van der Waals surface area contributed by atoms with E-state index in [-0.39, 0.29) is 11.7 Å². The normalized spacial score (nSPS) is 10.7. The molecule has 0 saturated carbocycles. The van der Waals surface area contributed by atoms with Crippen molar-refractivity contribution in [3.63, 3.8) is 0 Å². The molecule has 0 aliphatic heterocycles. The van der Waals surface area contributed by atoms with E-state index >= 15 is 0 Å². The number of nitrogens with zero attached hydrogens (tertiary/aromatic N) is 2. The van der Waals surface area contributed by atoms with Gasteiger partial charge in [0.2, 0.25) is 5.91 Å². The molecule has 0 aliphatic carbocycles. The zero-order valence-electron chi connectivity index (χ0n) is 13.4. The summed E-state index contributed by atoms with van der Waals surface area (Å²) in [6, 6.07) is 15.1. The van der Waals surface area contributed by atoms with Crippen molar-refractivity contribution >= 4 is 50.9 Å². The van der Waals surface area contributed by atoms with Crippen molar-refractivity contribution in [3.8, 4) is 11.3 Å². The van der Waals surface area contributed by atoms with Gasteiger partial charge >= 0.3 is 0 Å². The van der Waals surface area contributed by atoms with E-state index in [1.54, 1.807) is 24.3 Å². The molecule has 0 atom stereocenters. The van der Waals surface area contributed by atoms with Gasteiger partial charge in [0.15, 0.2) is 5.16 Å². The second-order valence-electron chi connectivity index (χ2n) is 5.34. The Kier molecular flexibility index (Phi) is 5.83. The van der Waals surface area contributed by atoms with Crippen LogP contribution in [0, 0.1) is 0 Å². The van der Waals surface area contributed by atoms with E-state index < -0.39 is 0 Å². The fraction of sp³-hybridized carbons (Fsp3) is 0.111. The molecule has 0 saturated heterocycles. The Morgan fingerprint density at radius 1 is 1.28 bits per heavy atom. The zero-order chi connectivity index (χ0) is 17.8. The first-order valence-corrected chi connectivity index (χ1v) is 9.64. The summed E-state index contributed by atoms with van der Waals surface area (Å²) in [5, 5.41) is 4.21. The lowest BCUT2D eigenvalue weighted by atomic mass is 10.2. The van der Waals surface area contributed by atoms with Gasteiger partial charge < -0.3 is 9.88 Å². The zero-order valence-corrected chi connectivity index (χ0v) is 16.5. The number of nitrogens with one attached hydrogen (secondary N) is 1. The Morgan fingerprint density at radius 2 is 2.04 bits per heavy atom. The van der Waals surface area contributed by atoms with Gasteiger partial charge in [-0.2, -0.15) is 0 Å². The molecule has 0 radical (unpaired) electrons. The molecule has 7 heteroatoms. The minimum absolute atomic E-state index is 0.0968. The Labute approximate surface area is 163 Å². The van der Waals surface area contributed by atoms with Gasteiger partial charge in [0, 0.05) is 22.2 Å². The molecule has 4 nitrogen and oxygen atoms in total. The van der Waals surface area contributed by atoms with E-state index in [1.165, 1.54) is 11.8 Å². The van der Waals surface area contributed by atoms with Crippen LogP contribution >= 0.6 is 39.3 Å². The lowest BCUT2D eigenvalue weighted by molar-refractivity contribution is -0.113. The molecule has 128 valence electrons. The largest absolute Gasteiger partial charge is 0.325 e. The Morgan fingerprint density at radius 3 is 2.76 bits per heavy atom. The molecule has 3 aromatic rings. The number of benzene rings is 2. The van der Waals surface area contributed by atoms with Crippen LogP contribution in [0.15, 0.2) is 64.4 Å². The van der Waals surface area contributed by atoms with Crippen molar-refractivity contribution < 1.29 is 4.79 Å². The molecule has 0 bridgehead atoms. The van der Waals surface area contributed by atoms with Crippen molar-refractivity contribution in [2.24, 2.45) is 7.05 Å². The van der Waals surface area contributed by atoms with Gasteiger partial charge in [-0.15, -0.1) is 0 Å². The Hall–Kier alpha value is -1.76. The van der Waals surface area contributed by atoms with Crippen LogP contribution in [-0.2, 0) is 11.8 Å². The van der Waals surface area contributed by atoms with Gasteiger partial charge in [-0.05, 0) is 35.9 Å². The highest BCUT2D eigenvalue weighted by atomic mass is 79.9. The van der Waals surface area contributed by atoms with E-state index in [2.05, 4.69) is 26.2 Å². The molecule has 25 heavy (non-hydrogen) atoms. The molecule has 1 N–H and O–H groups in total. The van der Waals surface area contributed by atoms with Crippen molar-refractivity contribution in [1.82, 2.24) is 9.55 Å². The van der Waals surface area contributed by atoms with Crippen molar-refractivity contribution in [2.75, 3.05) is 11.1 Å². The summed E-state index contributed by atoms with van der Waals surface area (Å²) in [5.74, 6) is 0.178. The quantitative estimate of drug-likeness (QED) is 0.557. The Balaban J connectivity index is 1.64. The van der Waals surface area contributed by atoms with Crippen LogP contribution in [0.5, 0.6) is 0 Å². The van der Waals surface area contributed by atoms with Crippen molar-refractivity contribution in [1.29, 1.82) is 0 Å². The van der Waals surface area contributed by atoms with E-state index in [0.29, 0.717) is 10.7 Å². The minimum Gasteiger partial charge on any atom is -0.325 e. The molecular formula is C18H15BrClN3OS. The van der Waals surface area contributed by atoms with E-state index in [4.69, 9.17) is 11.6 Å². The smallest absolute Gasteiger partial charge is 0.234 e. The van der Waals surface area contributed by atoms with Crippen LogP contribution < -0.4 is 5.32 Å². The lowest BCUT2D eigenvalue weighted by Crippen LogP contribution is -2.14. The van der Waals surface area contributed by atoms with Crippen molar-refractivity contribution in [3.05, 3.63) is 64.2 Å². The molecule has 1 aromatic heterocycles. The van der Waals surface area contributed by atoms with Gasteiger partial charge in [0.25, 0.3) is 0 Å². The second kappa shape index (κ2) is 8.08. The number of anilines is 1. The number of hydrogen-bond acceptors (Lipinski definition) is 3. The molecule has 2 aromatic carbocycles. The van der Waals surface area contributed by atoms with Crippen LogP contribution in [-0.4, -0.2) is 21.2 Å². The maximum atomic E-state index is 12.1.